The van der Waals surface area contributed by atoms with Gasteiger partial charge in [0, 0.05) is 6.54 Å². The van der Waals surface area contributed by atoms with E-state index >= 15 is 0 Å². The van der Waals surface area contributed by atoms with Gasteiger partial charge in [-0.3, -0.25) is 9.59 Å². The number of rotatable bonds is 5. The van der Waals surface area contributed by atoms with Crippen LogP contribution in [-0.4, -0.2) is 24.5 Å². The highest BCUT2D eigenvalue weighted by molar-refractivity contribution is 5.97. The van der Waals surface area contributed by atoms with E-state index in [0.29, 0.717) is 30.8 Å². The number of fused-ring (bicyclic) bond motifs is 1. The maximum Gasteiger partial charge on any atom is 0.265 e. The number of hydrogen-bond acceptors (Lipinski definition) is 3. The molecular weight excluding hydrogens is 304 g/mol. The van der Waals surface area contributed by atoms with E-state index in [1.165, 1.54) is 0 Å². The van der Waals surface area contributed by atoms with Crippen molar-refractivity contribution < 1.29 is 14.3 Å². The summed E-state index contributed by atoms with van der Waals surface area (Å²) in [6.45, 7) is 2.27. The molecule has 1 unspecified atom stereocenters. The van der Waals surface area contributed by atoms with Gasteiger partial charge in [0.25, 0.3) is 5.91 Å². The number of nitrogens with one attached hydrogen (secondary N) is 2. The average Bonchev–Trinajstić information content (AvgIpc) is 2.57. The fourth-order valence-corrected chi connectivity index (χ4v) is 2.60. The van der Waals surface area contributed by atoms with E-state index in [4.69, 9.17) is 4.74 Å². The van der Waals surface area contributed by atoms with Gasteiger partial charge in [-0.15, -0.1) is 0 Å². The van der Waals surface area contributed by atoms with Gasteiger partial charge in [0.2, 0.25) is 5.91 Å². The second kappa shape index (κ2) is 7.17. The molecule has 3 rings (SSSR count). The highest BCUT2D eigenvalue weighted by Crippen LogP contribution is 2.30. The molecule has 2 aromatic carbocycles. The van der Waals surface area contributed by atoms with Gasteiger partial charge in [0.05, 0.1) is 12.1 Å². The Hall–Kier alpha value is -2.82. The van der Waals surface area contributed by atoms with Crippen molar-refractivity contribution in [2.24, 2.45) is 0 Å². The van der Waals surface area contributed by atoms with Crippen molar-refractivity contribution in [1.29, 1.82) is 0 Å². The van der Waals surface area contributed by atoms with Gasteiger partial charge in [0.15, 0.2) is 6.10 Å². The summed E-state index contributed by atoms with van der Waals surface area (Å²) in [6, 6.07) is 15.3. The first-order chi connectivity index (χ1) is 11.6. The SMILES string of the molecule is CC1Oc2ccc(CCNC(=O)Cc3ccccc3)cc2NC1=O. The summed E-state index contributed by atoms with van der Waals surface area (Å²) in [6.07, 6.45) is 0.604. The summed E-state index contributed by atoms with van der Waals surface area (Å²) < 4.78 is 5.53. The van der Waals surface area contributed by atoms with Crippen molar-refractivity contribution >= 4 is 17.5 Å². The molecule has 24 heavy (non-hydrogen) atoms. The first-order valence-electron chi connectivity index (χ1n) is 8.03. The molecule has 1 aliphatic rings. The van der Waals surface area contributed by atoms with Gasteiger partial charge < -0.3 is 15.4 Å². The molecule has 2 aromatic rings. The van der Waals surface area contributed by atoms with Crippen LogP contribution in [0.3, 0.4) is 0 Å². The molecule has 5 heteroatoms. The maximum absolute atomic E-state index is 11.9. The minimum atomic E-state index is -0.472. The number of benzene rings is 2. The number of amides is 2. The highest BCUT2D eigenvalue weighted by atomic mass is 16.5. The van der Waals surface area contributed by atoms with E-state index in [1.54, 1.807) is 6.92 Å². The van der Waals surface area contributed by atoms with E-state index in [9.17, 15) is 9.59 Å². The van der Waals surface area contributed by atoms with E-state index in [2.05, 4.69) is 10.6 Å². The van der Waals surface area contributed by atoms with Crippen LogP contribution in [0.4, 0.5) is 5.69 Å². The molecule has 0 bridgehead atoms. The van der Waals surface area contributed by atoms with Crippen LogP contribution in [0, 0.1) is 0 Å². The lowest BCUT2D eigenvalue weighted by molar-refractivity contribution is -0.122. The van der Waals surface area contributed by atoms with E-state index in [-0.39, 0.29) is 11.8 Å². The lowest BCUT2D eigenvalue weighted by Gasteiger charge is -2.23. The fraction of sp³-hybridized carbons (Fsp3) is 0.263. The molecule has 124 valence electrons. The molecule has 0 spiro atoms. The fourth-order valence-electron chi connectivity index (χ4n) is 2.60. The number of ether oxygens (including phenoxy) is 1. The highest BCUT2D eigenvalue weighted by Gasteiger charge is 2.23. The topological polar surface area (TPSA) is 67.4 Å². The van der Waals surface area contributed by atoms with Gasteiger partial charge >= 0.3 is 0 Å². The zero-order valence-electron chi connectivity index (χ0n) is 13.5. The molecule has 0 aromatic heterocycles. The molecule has 0 fully saturated rings. The zero-order chi connectivity index (χ0) is 16.9. The number of carbonyl (C=O) groups excluding carboxylic acids is 2. The molecule has 2 amide bonds. The van der Waals surface area contributed by atoms with Gasteiger partial charge in [-0.05, 0) is 36.6 Å². The largest absolute Gasteiger partial charge is 0.479 e. The second-order valence-electron chi connectivity index (χ2n) is 5.84. The zero-order valence-corrected chi connectivity index (χ0v) is 13.5. The molecule has 1 heterocycles. The third kappa shape index (κ3) is 3.93. The Labute approximate surface area is 141 Å². The van der Waals surface area contributed by atoms with E-state index < -0.39 is 6.10 Å². The normalized spacial score (nSPS) is 15.9. The Morgan fingerprint density at radius 2 is 1.96 bits per heavy atom. The van der Waals surface area contributed by atoms with Crippen LogP contribution in [0.1, 0.15) is 18.1 Å². The molecule has 1 aliphatic heterocycles. The summed E-state index contributed by atoms with van der Waals surface area (Å²) in [5.41, 5.74) is 2.72. The third-order valence-electron chi connectivity index (χ3n) is 3.92. The molecule has 5 nitrogen and oxygen atoms in total. The predicted octanol–water partition coefficient (Wildman–Crippen LogP) is 2.31. The summed E-state index contributed by atoms with van der Waals surface area (Å²) in [7, 11) is 0. The Bertz CT molecular complexity index is 744. The van der Waals surface area contributed by atoms with Crippen molar-refractivity contribution in [3.63, 3.8) is 0 Å². The Morgan fingerprint density at radius 3 is 2.75 bits per heavy atom. The van der Waals surface area contributed by atoms with Crippen LogP contribution < -0.4 is 15.4 Å². The van der Waals surface area contributed by atoms with Gasteiger partial charge in [-0.2, -0.15) is 0 Å². The van der Waals surface area contributed by atoms with Crippen molar-refractivity contribution in [1.82, 2.24) is 5.32 Å². The van der Waals surface area contributed by atoms with Gasteiger partial charge in [-0.25, -0.2) is 0 Å². The van der Waals surface area contributed by atoms with Gasteiger partial charge in [-0.1, -0.05) is 36.4 Å². The number of anilines is 1. The van der Waals surface area contributed by atoms with Crippen LogP contribution in [0.25, 0.3) is 0 Å². The van der Waals surface area contributed by atoms with Gasteiger partial charge in [0.1, 0.15) is 5.75 Å². The molecule has 0 radical (unpaired) electrons. The summed E-state index contributed by atoms with van der Waals surface area (Å²) >= 11 is 0. The van der Waals surface area contributed by atoms with Crippen molar-refractivity contribution in [3.05, 3.63) is 59.7 Å². The Kier molecular flexibility index (Phi) is 4.79. The van der Waals surface area contributed by atoms with Crippen LogP contribution in [0.2, 0.25) is 0 Å². The molecular formula is C19H20N2O3. The lowest BCUT2D eigenvalue weighted by Crippen LogP contribution is -2.34. The number of hydrogen-bond donors (Lipinski definition) is 2. The molecule has 2 N–H and O–H groups in total. The quantitative estimate of drug-likeness (QED) is 0.887. The molecule has 1 atom stereocenters. The van der Waals surface area contributed by atoms with Crippen molar-refractivity contribution in [2.75, 3.05) is 11.9 Å². The smallest absolute Gasteiger partial charge is 0.265 e. The van der Waals surface area contributed by atoms with Crippen LogP contribution >= 0.6 is 0 Å². The first kappa shape index (κ1) is 16.1. The summed E-state index contributed by atoms with van der Waals surface area (Å²) in [4.78, 5) is 23.6. The Balaban J connectivity index is 1.51. The van der Waals surface area contributed by atoms with E-state index in [1.807, 2.05) is 48.5 Å². The minimum absolute atomic E-state index is 0.00428. The summed E-state index contributed by atoms with van der Waals surface area (Å²) in [5, 5.41) is 5.75. The molecule has 0 saturated heterocycles. The predicted molar refractivity (Wildman–Crippen MR) is 92.0 cm³/mol. The lowest BCUT2D eigenvalue weighted by atomic mass is 10.1. The van der Waals surface area contributed by atoms with Crippen LogP contribution in [0.5, 0.6) is 5.75 Å². The summed E-state index contributed by atoms with van der Waals surface area (Å²) in [5.74, 6) is 0.541. The minimum Gasteiger partial charge on any atom is -0.479 e. The average molecular weight is 324 g/mol. The van der Waals surface area contributed by atoms with Crippen molar-refractivity contribution in [2.45, 2.75) is 25.9 Å². The Morgan fingerprint density at radius 1 is 1.17 bits per heavy atom. The molecule has 0 saturated carbocycles. The number of carbonyl (C=O) groups is 2. The third-order valence-corrected chi connectivity index (χ3v) is 3.92. The standard InChI is InChI=1S/C19H20N2O3/c1-13-19(23)21-16-11-15(7-8-17(16)24-13)9-10-20-18(22)12-14-5-3-2-4-6-14/h2-8,11,13H,9-10,12H2,1H3,(H,20,22)(H,21,23). The van der Waals surface area contributed by atoms with Crippen LogP contribution in [0.15, 0.2) is 48.5 Å². The second-order valence-corrected chi connectivity index (χ2v) is 5.84. The first-order valence-corrected chi connectivity index (χ1v) is 8.03. The maximum atomic E-state index is 11.9. The monoisotopic (exact) mass is 324 g/mol. The van der Waals surface area contributed by atoms with E-state index in [0.717, 1.165) is 11.1 Å². The van der Waals surface area contributed by atoms with Crippen molar-refractivity contribution in [3.8, 4) is 5.75 Å². The van der Waals surface area contributed by atoms with Crippen LogP contribution in [-0.2, 0) is 22.4 Å². The molecule has 0 aliphatic carbocycles.